The van der Waals surface area contributed by atoms with Crippen LogP contribution in [0.4, 0.5) is 11.4 Å². The highest BCUT2D eigenvalue weighted by atomic mass is 79.9. The van der Waals surface area contributed by atoms with E-state index in [-0.39, 0.29) is 5.91 Å². The van der Waals surface area contributed by atoms with Crippen LogP contribution in [0.1, 0.15) is 17.5 Å². The van der Waals surface area contributed by atoms with E-state index in [1.165, 1.54) is 0 Å². The van der Waals surface area contributed by atoms with Gasteiger partial charge in [-0.2, -0.15) is 0 Å². The van der Waals surface area contributed by atoms with Crippen molar-refractivity contribution in [1.29, 1.82) is 0 Å². The van der Waals surface area contributed by atoms with E-state index in [0.717, 1.165) is 27.1 Å². The van der Waals surface area contributed by atoms with E-state index in [4.69, 9.17) is 15.2 Å². The van der Waals surface area contributed by atoms with Gasteiger partial charge in [-0.3, -0.25) is 4.79 Å². The number of nitrogen functional groups attached to an aromatic ring is 1. The predicted molar refractivity (Wildman–Crippen MR) is 99.8 cm³/mol. The Morgan fingerprint density at radius 3 is 2.62 bits per heavy atom. The number of carbonyl (C=O) groups is 1. The number of ether oxygens (including phenoxy) is 2. The first-order chi connectivity index (χ1) is 11.4. The number of halogens is 1. The van der Waals surface area contributed by atoms with Crippen LogP contribution in [0.15, 0.2) is 34.8 Å². The molecule has 2 aromatic rings. The molecular weight excluding hydrogens is 372 g/mol. The fourth-order valence-corrected chi connectivity index (χ4v) is 2.97. The summed E-state index contributed by atoms with van der Waals surface area (Å²) < 4.78 is 11.4. The molecule has 0 unspecified atom stereocenters. The number of rotatable bonds is 6. The van der Waals surface area contributed by atoms with Gasteiger partial charge in [0.2, 0.25) is 5.91 Å². The fraction of sp³-hybridized carbons (Fsp3) is 0.278. The maximum atomic E-state index is 12.3. The topological polar surface area (TPSA) is 73.6 Å². The molecule has 0 aliphatic carbocycles. The minimum atomic E-state index is -0.107. The lowest BCUT2D eigenvalue weighted by Crippen LogP contribution is -2.14. The molecule has 6 heteroatoms. The van der Waals surface area contributed by atoms with Crippen LogP contribution < -0.4 is 20.5 Å². The number of aryl methyl sites for hydroxylation is 2. The largest absolute Gasteiger partial charge is 0.497 e. The molecule has 0 heterocycles. The van der Waals surface area contributed by atoms with Crippen LogP contribution in [0.3, 0.4) is 0 Å². The molecule has 0 aliphatic rings. The Bertz CT molecular complexity index is 747. The summed E-state index contributed by atoms with van der Waals surface area (Å²) in [4.78, 5) is 12.3. The van der Waals surface area contributed by atoms with E-state index >= 15 is 0 Å². The quantitative estimate of drug-likeness (QED) is 0.730. The highest BCUT2D eigenvalue weighted by Gasteiger charge is 2.11. The maximum Gasteiger partial charge on any atom is 0.224 e. The van der Waals surface area contributed by atoms with Gasteiger partial charge in [0.05, 0.1) is 25.6 Å². The Balaban J connectivity index is 2.06. The molecule has 0 saturated heterocycles. The Morgan fingerprint density at radius 1 is 1.21 bits per heavy atom. The average molecular weight is 393 g/mol. The van der Waals surface area contributed by atoms with E-state index in [1.54, 1.807) is 20.3 Å². The molecule has 0 spiro atoms. The molecule has 0 bridgehead atoms. The normalized spacial score (nSPS) is 10.3. The van der Waals surface area contributed by atoms with Crippen LogP contribution in [0, 0.1) is 6.92 Å². The number of hydrogen-bond acceptors (Lipinski definition) is 4. The molecule has 3 N–H and O–H groups in total. The summed E-state index contributed by atoms with van der Waals surface area (Å²) in [5.74, 6) is 1.36. The van der Waals surface area contributed by atoms with Crippen molar-refractivity contribution in [2.24, 2.45) is 0 Å². The number of benzene rings is 2. The second-order valence-electron chi connectivity index (χ2n) is 5.41. The van der Waals surface area contributed by atoms with Gasteiger partial charge in [0, 0.05) is 10.9 Å². The second-order valence-corrected chi connectivity index (χ2v) is 6.33. The summed E-state index contributed by atoms with van der Waals surface area (Å²) in [6.45, 7) is 1.90. The second kappa shape index (κ2) is 8.06. The third-order valence-electron chi connectivity index (χ3n) is 3.73. The number of amides is 1. The smallest absolute Gasteiger partial charge is 0.224 e. The fourth-order valence-electron chi connectivity index (χ4n) is 2.40. The minimum Gasteiger partial charge on any atom is -0.497 e. The van der Waals surface area contributed by atoms with Gasteiger partial charge < -0.3 is 20.5 Å². The first-order valence-electron chi connectivity index (χ1n) is 7.51. The Kier molecular flexibility index (Phi) is 6.09. The molecule has 2 rings (SSSR count). The van der Waals surface area contributed by atoms with Gasteiger partial charge in [0.1, 0.15) is 11.5 Å². The Morgan fingerprint density at radius 2 is 1.96 bits per heavy atom. The lowest BCUT2D eigenvalue weighted by atomic mass is 10.1. The molecule has 5 nitrogen and oxygen atoms in total. The lowest BCUT2D eigenvalue weighted by Gasteiger charge is -2.12. The van der Waals surface area contributed by atoms with Crippen molar-refractivity contribution < 1.29 is 14.3 Å². The van der Waals surface area contributed by atoms with Gasteiger partial charge in [0.25, 0.3) is 0 Å². The summed E-state index contributed by atoms with van der Waals surface area (Å²) in [6, 6.07) is 9.25. The van der Waals surface area contributed by atoms with Crippen LogP contribution in [-0.2, 0) is 11.2 Å². The van der Waals surface area contributed by atoms with Crippen molar-refractivity contribution in [2.75, 3.05) is 25.3 Å². The zero-order valence-electron chi connectivity index (χ0n) is 14.0. The van der Waals surface area contributed by atoms with Crippen molar-refractivity contribution in [2.45, 2.75) is 19.8 Å². The Labute approximate surface area is 150 Å². The molecule has 0 atom stereocenters. The molecule has 24 heavy (non-hydrogen) atoms. The molecule has 0 aromatic heterocycles. The zero-order chi connectivity index (χ0) is 17.7. The van der Waals surface area contributed by atoms with Gasteiger partial charge >= 0.3 is 0 Å². The van der Waals surface area contributed by atoms with Gasteiger partial charge in [-0.05, 0) is 54.8 Å². The summed E-state index contributed by atoms with van der Waals surface area (Å²) in [7, 11) is 3.22. The summed E-state index contributed by atoms with van der Waals surface area (Å²) >= 11 is 3.41. The van der Waals surface area contributed by atoms with Gasteiger partial charge in [-0.25, -0.2) is 0 Å². The molecule has 1 amide bonds. The van der Waals surface area contributed by atoms with Crippen LogP contribution in [-0.4, -0.2) is 20.1 Å². The Hall–Kier alpha value is -2.21. The number of methoxy groups -OCH3 is 2. The first-order valence-corrected chi connectivity index (χ1v) is 8.30. The molecule has 0 fully saturated rings. The van der Waals surface area contributed by atoms with Crippen molar-refractivity contribution in [3.8, 4) is 11.5 Å². The predicted octanol–water partition coefficient (Wildman–Crippen LogP) is 3.93. The number of carbonyl (C=O) groups excluding carboxylic acids is 1. The minimum absolute atomic E-state index is 0.107. The number of hydrogen-bond donors (Lipinski definition) is 2. The highest BCUT2D eigenvalue weighted by Crippen LogP contribution is 2.28. The molecule has 0 radical (unpaired) electrons. The van der Waals surface area contributed by atoms with E-state index in [9.17, 15) is 4.79 Å². The molecule has 0 saturated carbocycles. The first kappa shape index (κ1) is 18.1. The highest BCUT2D eigenvalue weighted by molar-refractivity contribution is 9.10. The van der Waals surface area contributed by atoms with Crippen molar-refractivity contribution in [3.63, 3.8) is 0 Å². The van der Waals surface area contributed by atoms with E-state index in [1.807, 2.05) is 31.2 Å². The third kappa shape index (κ3) is 4.41. The standard InChI is InChI=1S/C18H21BrN2O3/c1-11-8-13(19)10-15(18(11)20)21-17(22)7-4-12-9-14(23-2)5-6-16(12)24-3/h5-6,8-10H,4,7,20H2,1-3H3,(H,21,22). The molecule has 0 aliphatic heterocycles. The average Bonchev–Trinajstić information content (AvgIpc) is 2.57. The summed E-state index contributed by atoms with van der Waals surface area (Å²) in [6.07, 6.45) is 0.855. The van der Waals surface area contributed by atoms with Crippen LogP contribution in [0.5, 0.6) is 11.5 Å². The lowest BCUT2D eigenvalue weighted by molar-refractivity contribution is -0.116. The van der Waals surface area contributed by atoms with E-state index in [2.05, 4.69) is 21.2 Å². The zero-order valence-corrected chi connectivity index (χ0v) is 15.6. The van der Waals surface area contributed by atoms with Crippen molar-refractivity contribution in [1.82, 2.24) is 0 Å². The van der Waals surface area contributed by atoms with Crippen LogP contribution in [0.2, 0.25) is 0 Å². The maximum absolute atomic E-state index is 12.3. The number of anilines is 2. The summed E-state index contributed by atoms with van der Waals surface area (Å²) in [5.41, 5.74) is 9.04. The van der Waals surface area contributed by atoms with Crippen molar-refractivity contribution >= 4 is 33.2 Å². The third-order valence-corrected chi connectivity index (χ3v) is 4.19. The SMILES string of the molecule is COc1ccc(OC)c(CCC(=O)Nc2cc(Br)cc(C)c2N)c1. The number of nitrogens with two attached hydrogens (primary N) is 1. The molecular formula is C18H21BrN2O3. The number of nitrogens with one attached hydrogen (secondary N) is 1. The van der Waals surface area contributed by atoms with Gasteiger partial charge in [-0.1, -0.05) is 15.9 Å². The molecule has 2 aromatic carbocycles. The van der Waals surface area contributed by atoms with Crippen LogP contribution >= 0.6 is 15.9 Å². The van der Waals surface area contributed by atoms with Crippen molar-refractivity contribution in [3.05, 3.63) is 45.9 Å². The van der Waals surface area contributed by atoms with Gasteiger partial charge in [0.15, 0.2) is 0 Å². The van der Waals surface area contributed by atoms with E-state index in [0.29, 0.717) is 24.2 Å². The van der Waals surface area contributed by atoms with Gasteiger partial charge in [-0.15, -0.1) is 0 Å². The monoisotopic (exact) mass is 392 g/mol. The van der Waals surface area contributed by atoms with E-state index < -0.39 is 0 Å². The summed E-state index contributed by atoms with van der Waals surface area (Å²) in [5, 5.41) is 2.86. The molecule has 128 valence electrons. The van der Waals surface area contributed by atoms with Crippen LogP contribution in [0.25, 0.3) is 0 Å².